The molecular formula is C26H29ClN4O2. The molecule has 1 amide bonds. The van der Waals surface area contributed by atoms with E-state index < -0.39 is 0 Å². The molecule has 2 aromatic heterocycles. The maximum Gasteiger partial charge on any atom is 0.256 e. The fraction of sp³-hybridized carbons (Fsp3) is 0.462. The van der Waals surface area contributed by atoms with Crippen LogP contribution in [0.3, 0.4) is 0 Å². The molecule has 172 valence electrons. The third kappa shape index (κ3) is 3.56. The molecule has 2 fully saturated rings. The number of fused-ring (bicyclic) bond motifs is 3. The lowest BCUT2D eigenvalue weighted by Gasteiger charge is -2.39. The zero-order chi connectivity index (χ0) is 22.6. The molecule has 0 bridgehead atoms. The van der Waals surface area contributed by atoms with Gasteiger partial charge in [0.15, 0.2) is 0 Å². The number of hydrogen-bond donors (Lipinski definition) is 0. The van der Waals surface area contributed by atoms with Crippen LogP contribution in [-0.2, 0) is 23.5 Å². The Labute approximate surface area is 199 Å². The first kappa shape index (κ1) is 21.1. The lowest BCUT2D eigenvalue weighted by atomic mass is 9.85. The molecule has 0 unspecified atom stereocenters. The van der Waals surface area contributed by atoms with E-state index in [9.17, 15) is 4.79 Å². The first-order valence-corrected chi connectivity index (χ1v) is 12.3. The van der Waals surface area contributed by atoms with Crippen molar-refractivity contribution in [1.82, 2.24) is 19.4 Å². The van der Waals surface area contributed by atoms with Gasteiger partial charge < -0.3 is 19.1 Å². The number of halogens is 1. The molecule has 3 aliphatic heterocycles. The first-order valence-electron chi connectivity index (χ1n) is 11.9. The summed E-state index contributed by atoms with van der Waals surface area (Å²) in [6, 6.07) is 10.5. The summed E-state index contributed by atoms with van der Waals surface area (Å²) in [4.78, 5) is 22.6. The summed E-state index contributed by atoms with van der Waals surface area (Å²) in [6.07, 6.45) is 7.88. The van der Waals surface area contributed by atoms with E-state index in [0.717, 1.165) is 48.1 Å². The van der Waals surface area contributed by atoms with Gasteiger partial charge in [-0.25, -0.2) is 0 Å². The number of piperidine rings is 1. The number of likely N-dealkylation sites (N-methyl/N-ethyl adjacent to an activating group) is 1. The van der Waals surface area contributed by atoms with Crippen LogP contribution in [0.1, 0.15) is 47.3 Å². The molecule has 7 heteroatoms. The molecule has 1 spiro atoms. The number of likely N-dealkylation sites (tertiary alicyclic amines) is 2. The quantitative estimate of drug-likeness (QED) is 0.574. The van der Waals surface area contributed by atoms with Gasteiger partial charge >= 0.3 is 0 Å². The number of amides is 1. The molecule has 1 aromatic carbocycles. The number of nitrogens with zero attached hydrogens (tertiary/aromatic N) is 4. The fourth-order valence-corrected chi connectivity index (χ4v) is 6.10. The van der Waals surface area contributed by atoms with Crippen LogP contribution in [0.2, 0.25) is 5.02 Å². The number of aromatic nitrogens is 2. The lowest BCUT2D eigenvalue weighted by molar-refractivity contribution is -0.0744. The summed E-state index contributed by atoms with van der Waals surface area (Å²) in [5.41, 5.74) is 3.75. The van der Waals surface area contributed by atoms with Crippen molar-refractivity contribution in [1.29, 1.82) is 0 Å². The Morgan fingerprint density at radius 1 is 1.24 bits per heavy atom. The molecule has 0 radical (unpaired) electrons. The Kier molecular flexibility index (Phi) is 5.20. The van der Waals surface area contributed by atoms with Gasteiger partial charge in [-0.3, -0.25) is 9.78 Å². The zero-order valence-corrected chi connectivity index (χ0v) is 19.7. The number of ether oxygens (including phenoxy) is 1. The molecule has 0 aliphatic carbocycles. The Hall–Kier alpha value is -2.41. The van der Waals surface area contributed by atoms with Gasteiger partial charge in [0.1, 0.15) is 0 Å². The summed E-state index contributed by atoms with van der Waals surface area (Å²) in [5.74, 6) is 0.0973. The molecule has 0 saturated carbocycles. The Morgan fingerprint density at radius 2 is 2.09 bits per heavy atom. The van der Waals surface area contributed by atoms with Crippen molar-refractivity contribution in [3.05, 3.63) is 64.6 Å². The molecule has 3 aliphatic rings. The van der Waals surface area contributed by atoms with Crippen LogP contribution in [0.25, 0.3) is 10.9 Å². The van der Waals surface area contributed by atoms with Gasteiger partial charge in [0.25, 0.3) is 5.91 Å². The highest BCUT2D eigenvalue weighted by molar-refractivity contribution is 6.31. The van der Waals surface area contributed by atoms with Crippen LogP contribution in [0.4, 0.5) is 0 Å². The maximum atomic E-state index is 13.7. The van der Waals surface area contributed by atoms with Crippen LogP contribution in [0, 0.1) is 0 Å². The van der Waals surface area contributed by atoms with E-state index in [-0.39, 0.29) is 11.5 Å². The Balaban J connectivity index is 1.26. The standard InChI is InChI=1S/C26H29ClN4O2/c1-29-11-3-4-19(29)15-31-16-21(20-7-6-18(27)14-24(20)31)25(32)30-12-8-26(9-13-30)22-5-2-10-28-23(22)17-33-26/h2,5-7,10,14,16,19H,3-4,8-9,11-13,15,17H2,1H3/t19-/m0/s1. The topological polar surface area (TPSA) is 50.6 Å². The molecule has 6 nitrogen and oxygen atoms in total. The summed E-state index contributed by atoms with van der Waals surface area (Å²) in [6.45, 7) is 3.93. The molecule has 3 aromatic rings. The Morgan fingerprint density at radius 3 is 2.88 bits per heavy atom. The van der Waals surface area contributed by atoms with Gasteiger partial charge in [0.05, 0.1) is 29.0 Å². The highest BCUT2D eigenvalue weighted by Gasteiger charge is 2.44. The summed E-state index contributed by atoms with van der Waals surface area (Å²) >= 11 is 6.35. The van der Waals surface area contributed by atoms with Crippen molar-refractivity contribution in [3.63, 3.8) is 0 Å². The molecule has 0 N–H and O–H groups in total. The molecule has 2 saturated heterocycles. The van der Waals surface area contributed by atoms with Crippen molar-refractivity contribution in [2.45, 2.75) is 50.5 Å². The van der Waals surface area contributed by atoms with Crippen molar-refractivity contribution in [3.8, 4) is 0 Å². The van der Waals surface area contributed by atoms with Crippen molar-refractivity contribution >= 4 is 28.4 Å². The van der Waals surface area contributed by atoms with E-state index in [1.165, 1.54) is 18.4 Å². The van der Waals surface area contributed by atoms with E-state index in [0.29, 0.717) is 30.8 Å². The van der Waals surface area contributed by atoms with E-state index in [1.54, 1.807) is 0 Å². The van der Waals surface area contributed by atoms with Gasteiger partial charge in [0.2, 0.25) is 0 Å². The number of rotatable bonds is 3. The number of carbonyl (C=O) groups excluding carboxylic acids is 1. The van der Waals surface area contributed by atoms with Crippen LogP contribution in [-0.4, -0.2) is 58.0 Å². The monoisotopic (exact) mass is 464 g/mol. The van der Waals surface area contributed by atoms with Gasteiger partial charge in [-0.2, -0.15) is 0 Å². The third-order valence-corrected chi connectivity index (χ3v) is 8.11. The lowest BCUT2D eigenvalue weighted by Crippen LogP contribution is -2.45. The largest absolute Gasteiger partial charge is 0.364 e. The summed E-state index contributed by atoms with van der Waals surface area (Å²) in [7, 11) is 2.19. The van der Waals surface area contributed by atoms with E-state index in [1.807, 2.05) is 41.6 Å². The fourth-order valence-electron chi connectivity index (χ4n) is 5.93. The average Bonchev–Trinajstić information content (AvgIpc) is 3.51. The SMILES string of the molecule is CN1CCC[C@H]1Cn1cc(C(=O)N2CCC3(CC2)OCc2ncccc23)c2ccc(Cl)cc21. The first-order chi connectivity index (χ1) is 16.0. The molecule has 5 heterocycles. The number of hydrogen-bond acceptors (Lipinski definition) is 4. The van der Waals surface area contributed by atoms with Crippen molar-refractivity contribution in [2.24, 2.45) is 0 Å². The smallest absolute Gasteiger partial charge is 0.256 e. The highest BCUT2D eigenvalue weighted by atomic mass is 35.5. The molecular weight excluding hydrogens is 436 g/mol. The van der Waals surface area contributed by atoms with Crippen molar-refractivity contribution < 1.29 is 9.53 Å². The number of carbonyl (C=O) groups is 1. The number of pyridine rings is 1. The van der Waals surface area contributed by atoms with Gasteiger partial charge in [-0.05, 0) is 57.5 Å². The van der Waals surface area contributed by atoms with Gasteiger partial charge in [-0.1, -0.05) is 23.7 Å². The van der Waals surface area contributed by atoms with E-state index >= 15 is 0 Å². The van der Waals surface area contributed by atoms with Gasteiger partial charge in [-0.15, -0.1) is 0 Å². The normalized spacial score (nSPS) is 22.4. The van der Waals surface area contributed by atoms with Crippen LogP contribution in [0.15, 0.2) is 42.7 Å². The predicted octanol–water partition coefficient (Wildman–Crippen LogP) is 4.45. The second kappa shape index (κ2) is 8.12. The average molecular weight is 465 g/mol. The minimum atomic E-state index is -0.297. The highest BCUT2D eigenvalue weighted by Crippen LogP contribution is 2.43. The van der Waals surface area contributed by atoms with Gasteiger partial charge in [0, 0.05) is 54.0 Å². The molecule has 33 heavy (non-hydrogen) atoms. The zero-order valence-electron chi connectivity index (χ0n) is 19.0. The minimum Gasteiger partial charge on any atom is -0.364 e. The maximum absolute atomic E-state index is 13.7. The van der Waals surface area contributed by atoms with Crippen molar-refractivity contribution in [2.75, 3.05) is 26.7 Å². The molecule has 6 rings (SSSR count). The second-order valence-corrected chi connectivity index (χ2v) is 10.1. The third-order valence-electron chi connectivity index (χ3n) is 7.88. The van der Waals surface area contributed by atoms with Crippen LogP contribution >= 0.6 is 11.6 Å². The van der Waals surface area contributed by atoms with Crippen LogP contribution < -0.4 is 0 Å². The number of benzene rings is 1. The predicted molar refractivity (Wildman–Crippen MR) is 128 cm³/mol. The summed E-state index contributed by atoms with van der Waals surface area (Å²) < 4.78 is 8.46. The second-order valence-electron chi connectivity index (χ2n) is 9.71. The summed E-state index contributed by atoms with van der Waals surface area (Å²) in [5, 5.41) is 1.68. The Bertz CT molecular complexity index is 1210. The molecule has 1 atom stereocenters. The minimum absolute atomic E-state index is 0.0973. The van der Waals surface area contributed by atoms with E-state index in [2.05, 4.69) is 27.6 Å². The van der Waals surface area contributed by atoms with Crippen LogP contribution in [0.5, 0.6) is 0 Å². The van der Waals surface area contributed by atoms with E-state index in [4.69, 9.17) is 16.3 Å².